The molecule has 0 N–H and O–H groups in total. The number of benzene rings is 1. The van der Waals surface area contributed by atoms with Crippen LogP contribution in [-0.4, -0.2) is 23.0 Å². The number of hydrogen-bond donors (Lipinski definition) is 0. The van der Waals surface area contributed by atoms with E-state index >= 15 is 0 Å². The molecule has 0 spiro atoms. The molecular formula is C19H20FN3O. The second kappa shape index (κ2) is 6.98. The molecule has 0 aliphatic carbocycles. The van der Waals surface area contributed by atoms with Gasteiger partial charge in [-0.15, -0.1) is 0 Å². The van der Waals surface area contributed by atoms with Crippen LogP contribution in [0, 0.1) is 31.0 Å². The van der Waals surface area contributed by atoms with Gasteiger partial charge in [0.15, 0.2) is 11.6 Å². The molecule has 2 heterocycles. The summed E-state index contributed by atoms with van der Waals surface area (Å²) >= 11 is 0. The van der Waals surface area contributed by atoms with E-state index in [4.69, 9.17) is 4.74 Å². The standard InChI is InChI=1S/C19H20FN3O/c1-13-9-14(2)22-19(16(13)11-21)24-18-6-5-15(10-17(18)20)12-23-7-3-4-8-23/h5-6,9-10H,3-4,7-8,12H2,1-2H3. The second-order valence-corrected chi connectivity index (χ2v) is 6.22. The molecule has 124 valence electrons. The molecule has 1 aliphatic rings. The normalized spacial score (nSPS) is 14.6. The third-order valence-corrected chi connectivity index (χ3v) is 4.23. The third-order valence-electron chi connectivity index (χ3n) is 4.23. The molecule has 1 saturated heterocycles. The van der Waals surface area contributed by atoms with Gasteiger partial charge in [0.25, 0.3) is 0 Å². The zero-order chi connectivity index (χ0) is 17.1. The van der Waals surface area contributed by atoms with Gasteiger partial charge in [-0.1, -0.05) is 6.07 Å². The van der Waals surface area contributed by atoms with E-state index in [1.54, 1.807) is 12.1 Å². The first-order chi connectivity index (χ1) is 11.6. The fourth-order valence-electron chi connectivity index (χ4n) is 3.04. The van der Waals surface area contributed by atoms with Crippen LogP contribution in [0.15, 0.2) is 24.3 Å². The maximum atomic E-state index is 14.4. The smallest absolute Gasteiger partial charge is 0.237 e. The third kappa shape index (κ3) is 3.55. The summed E-state index contributed by atoms with van der Waals surface area (Å²) in [6, 6.07) is 8.86. The summed E-state index contributed by atoms with van der Waals surface area (Å²) in [5, 5.41) is 9.27. The average molecular weight is 325 g/mol. The van der Waals surface area contributed by atoms with Crippen molar-refractivity contribution in [2.24, 2.45) is 0 Å². The molecule has 0 amide bonds. The largest absolute Gasteiger partial charge is 0.435 e. The fourth-order valence-corrected chi connectivity index (χ4v) is 3.04. The molecule has 0 radical (unpaired) electrons. The number of halogens is 1. The number of hydrogen-bond acceptors (Lipinski definition) is 4. The Morgan fingerprint density at radius 3 is 2.67 bits per heavy atom. The van der Waals surface area contributed by atoms with Crippen molar-refractivity contribution in [1.29, 1.82) is 5.26 Å². The summed E-state index contributed by atoms with van der Waals surface area (Å²) in [7, 11) is 0. The maximum Gasteiger partial charge on any atom is 0.237 e. The molecule has 0 atom stereocenters. The van der Waals surface area contributed by atoms with E-state index in [2.05, 4.69) is 16.0 Å². The molecule has 3 rings (SSSR count). The summed E-state index contributed by atoms with van der Waals surface area (Å²) in [6.45, 7) is 6.52. The van der Waals surface area contributed by atoms with E-state index in [-0.39, 0.29) is 11.6 Å². The Morgan fingerprint density at radius 1 is 1.25 bits per heavy atom. The molecule has 5 heteroatoms. The molecule has 1 aromatic heterocycles. The molecule has 24 heavy (non-hydrogen) atoms. The molecule has 0 saturated carbocycles. The first kappa shape index (κ1) is 16.4. The Balaban J connectivity index is 1.82. The zero-order valence-electron chi connectivity index (χ0n) is 14.0. The van der Waals surface area contributed by atoms with Gasteiger partial charge in [0.1, 0.15) is 11.6 Å². The van der Waals surface area contributed by atoms with Gasteiger partial charge in [-0.3, -0.25) is 4.90 Å². The van der Waals surface area contributed by atoms with Gasteiger partial charge < -0.3 is 4.74 Å². The van der Waals surface area contributed by atoms with Crippen molar-refractivity contribution in [3.05, 3.63) is 52.5 Å². The molecule has 1 aliphatic heterocycles. The zero-order valence-corrected chi connectivity index (χ0v) is 14.0. The monoisotopic (exact) mass is 325 g/mol. The number of nitrogens with zero attached hydrogens (tertiary/aromatic N) is 3. The number of nitriles is 1. The van der Waals surface area contributed by atoms with E-state index in [1.165, 1.54) is 18.9 Å². The first-order valence-electron chi connectivity index (χ1n) is 8.14. The van der Waals surface area contributed by atoms with Crippen molar-refractivity contribution >= 4 is 0 Å². The Hall–Kier alpha value is -2.45. The lowest BCUT2D eigenvalue weighted by molar-refractivity contribution is 0.330. The Kier molecular flexibility index (Phi) is 4.77. The van der Waals surface area contributed by atoms with Crippen molar-refractivity contribution in [1.82, 2.24) is 9.88 Å². The van der Waals surface area contributed by atoms with E-state index in [1.807, 2.05) is 19.9 Å². The van der Waals surface area contributed by atoms with Crippen LogP contribution in [0.5, 0.6) is 11.6 Å². The van der Waals surface area contributed by atoms with Crippen LogP contribution in [0.3, 0.4) is 0 Å². The number of rotatable bonds is 4. The van der Waals surface area contributed by atoms with Gasteiger partial charge >= 0.3 is 0 Å². The summed E-state index contributed by atoms with van der Waals surface area (Å²) in [5.74, 6) is -0.188. The van der Waals surface area contributed by atoms with Crippen molar-refractivity contribution in [2.45, 2.75) is 33.2 Å². The summed E-state index contributed by atoms with van der Waals surface area (Å²) in [4.78, 5) is 6.54. The molecule has 1 aromatic carbocycles. The van der Waals surface area contributed by atoms with Gasteiger partial charge in [-0.2, -0.15) is 5.26 Å². The average Bonchev–Trinajstić information content (AvgIpc) is 3.02. The van der Waals surface area contributed by atoms with Gasteiger partial charge in [0.05, 0.1) is 0 Å². The van der Waals surface area contributed by atoms with Crippen LogP contribution in [0.25, 0.3) is 0 Å². The van der Waals surface area contributed by atoms with Crippen LogP contribution >= 0.6 is 0 Å². The van der Waals surface area contributed by atoms with Crippen molar-refractivity contribution in [3.8, 4) is 17.7 Å². The van der Waals surface area contributed by atoms with E-state index in [0.717, 1.165) is 36.5 Å². The summed E-state index contributed by atoms with van der Waals surface area (Å²) in [6.07, 6.45) is 2.41. The summed E-state index contributed by atoms with van der Waals surface area (Å²) < 4.78 is 20.0. The number of aromatic nitrogens is 1. The van der Waals surface area contributed by atoms with E-state index < -0.39 is 5.82 Å². The predicted molar refractivity (Wildman–Crippen MR) is 89.4 cm³/mol. The SMILES string of the molecule is Cc1cc(C)c(C#N)c(Oc2ccc(CN3CCCC3)cc2F)n1. The van der Waals surface area contributed by atoms with Crippen molar-refractivity contribution in [3.63, 3.8) is 0 Å². The number of aryl methyl sites for hydroxylation is 2. The topological polar surface area (TPSA) is 49.1 Å². The first-order valence-corrected chi connectivity index (χ1v) is 8.14. The maximum absolute atomic E-state index is 14.4. The number of likely N-dealkylation sites (tertiary alicyclic amines) is 1. The lowest BCUT2D eigenvalue weighted by Crippen LogP contribution is -2.18. The minimum Gasteiger partial charge on any atom is -0.435 e. The highest BCUT2D eigenvalue weighted by Crippen LogP contribution is 2.28. The van der Waals surface area contributed by atoms with Crippen LogP contribution < -0.4 is 4.74 Å². The fraction of sp³-hybridized carbons (Fsp3) is 0.368. The highest BCUT2D eigenvalue weighted by Gasteiger charge is 2.15. The molecule has 2 aromatic rings. The molecule has 0 bridgehead atoms. The van der Waals surface area contributed by atoms with Crippen LogP contribution in [-0.2, 0) is 6.54 Å². The van der Waals surface area contributed by atoms with Crippen molar-refractivity contribution < 1.29 is 9.13 Å². The number of pyridine rings is 1. The second-order valence-electron chi connectivity index (χ2n) is 6.22. The van der Waals surface area contributed by atoms with Crippen LogP contribution in [0.1, 0.15) is 35.2 Å². The van der Waals surface area contributed by atoms with Crippen molar-refractivity contribution in [2.75, 3.05) is 13.1 Å². The minimum absolute atomic E-state index is 0.0918. The predicted octanol–water partition coefficient (Wildman–Crippen LogP) is 4.10. The van der Waals surface area contributed by atoms with Gasteiger partial charge in [0, 0.05) is 12.2 Å². The van der Waals surface area contributed by atoms with Crippen LogP contribution in [0.2, 0.25) is 0 Å². The Morgan fingerprint density at radius 2 is 2.00 bits per heavy atom. The molecule has 1 fully saturated rings. The lowest BCUT2D eigenvalue weighted by Gasteiger charge is -2.15. The molecule has 4 nitrogen and oxygen atoms in total. The Bertz CT molecular complexity index is 792. The van der Waals surface area contributed by atoms with Gasteiger partial charge in [-0.05, 0) is 69.1 Å². The highest BCUT2D eigenvalue weighted by molar-refractivity contribution is 5.47. The lowest BCUT2D eigenvalue weighted by atomic mass is 10.1. The quantitative estimate of drug-likeness (QED) is 0.849. The van der Waals surface area contributed by atoms with Gasteiger partial charge in [-0.25, -0.2) is 9.37 Å². The summed E-state index contributed by atoms with van der Waals surface area (Å²) in [5.41, 5.74) is 2.76. The molecular weight excluding hydrogens is 305 g/mol. The van der Waals surface area contributed by atoms with Crippen LogP contribution in [0.4, 0.5) is 4.39 Å². The van der Waals surface area contributed by atoms with Gasteiger partial charge in [0.2, 0.25) is 5.88 Å². The Labute approximate surface area is 141 Å². The van der Waals surface area contributed by atoms with E-state index in [0.29, 0.717) is 5.56 Å². The minimum atomic E-state index is -0.434. The molecule has 0 unspecified atom stereocenters. The van der Waals surface area contributed by atoms with E-state index in [9.17, 15) is 9.65 Å². The number of ether oxygens (including phenoxy) is 1. The highest BCUT2D eigenvalue weighted by atomic mass is 19.1.